The Kier molecular flexibility index (Phi) is 4.30. The largest absolute Gasteiger partial charge is 0.490 e. The van der Waals surface area contributed by atoms with E-state index in [4.69, 9.17) is 16.3 Å². The van der Waals surface area contributed by atoms with E-state index in [0.717, 1.165) is 0 Å². The van der Waals surface area contributed by atoms with Crippen LogP contribution in [0.2, 0.25) is 5.02 Å². The molecule has 0 bridgehead atoms. The van der Waals surface area contributed by atoms with Gasteiger partial charge in [-0.3, -0.25) is 4.79 Å². The lowest BCUT2D eigenvalue weighted by Gasteiger charge is -2.15. The summed E-state index contributed by atoms with van der Waals surface area (Å²) in [4.78, 5) is 13.2. The van der Waals surface area contributed by atoms with Crippen molar-refractivity contribution in [1.29, 1.82) is 0 Å². The fraction of sp³-hybridized carbons (Fsp3) is 0.273. The van der Waals surface area contributed by atoms with Crippen LogP contribution in [0.15, 0.2) is 24.3 Å². The molecule has 2 rings (SSSR count). The molecule has 1 aromatic carbocycles. The van der Waals surface area contributed by atoms with Gasteiger partial charge in [0, 0.05) is 7.05 Å². The van der Waals surface area contributed by atoms with Crippen LogP contribution in [-0.2, 0) is 0 Å². The van der Waals surface area contributed by atoms with E-state index in [1.54, 1.807) is 19.2 Å². The second-order valence-electron chi connectivity index (χ2n) is 3.74. The molecular formula is C11H12ClN5O2. The number of halogens is 1. The molecule has 0 saturated heterocycles. The van der Waals surface area contributed by atoms with Crippen LogP contribution in [0, 0.1) is 0 Å². The summed E-state index contributed by atoms with van der Waals surface area (Å²) in [6.07, 6.45) is 0. The summed E-state index contributed by atoms with van der Waals surface area (Å²) in [6, 6.07) is 7.16. The van der Waals surface area contributed by atoms with Gasteiger partial charge in [0.25, 0.3) is 11.7 Å². The van der Waals surface area contributed by atoms with Gasteiger partial charge in [-0.25, -0.2) is 0 Å². The highest BCUT2D eigenvalue weighted by molar-refractivity contribution is 6.32. The number of carbonyl (C=O) groups excluding carboxylic acids is 1. The van der Waals surface area contributed by atoms with E-state index in [1.807, 2.05) is 12.1 Å². The molecule has 2 aromatic rings. The number of rotatable bonds is 5. The molecule has 0 fully saturated rings. The molecule has 1 heterocycles. The second kappa shape index (κ2) is 6.14. The maximum atomic E-state index is 11.8. The van der Waals surface area contributed by atoms with Crippen molar-refractivity contribution in [2.24, 2.45) is 0 Å². The van der Waals surface area contributed by atoms with E-state index in [1.165, 1.54) is 4.90 Å². The number of ether oxygens (including phenoxy) is 1. The minimum Gasteiger partial charge on any atom is -0.490 e. The zero-order valence-corrected chi connectivity index (χ0v) is 11.0. The van der Waals surface area contributed by atoms with Gasteiger partial charge in [-0.15, -0.1) is 10.2 Å². The summed E-state index contributed by atoms with van der Waals surface area (Å²) in [6.45, 7) is 0.711. The number of benzene rings is 1. The maximum absolute atomic E-state index is 11.8. The maximum Gasteiger partial charge on any atom is 0.295 e. The van der Waals surface area contributed by atoms with Crippen molar-refractivity contribution in [1.82, 2.24) is 25.5 Å². The number of aromatic nitrogens is 4. The van der Waals surface area contributed by atoms with E-state index in [9.17, 15) is 4.79 Å². The van der Waals surface area contributed by atoms with Crippen LogP contribution in [0.4, 0.5) is 0 Å². The number of H-pyrrole nitrogens is 1. The lowest BCUT2D eigenvalue weighted by Crippen LogP contribution is -2.31. The molecule has 100 valence electrons. The van der Waals surface area contributed by atoms with E-state index in [-0.39, 0.29) is 11.7 Å². The van der Waals surface area contributed by atoms with Crippen molar-refractivity contribution in [3.8, 4) is 5.75 Å². The summed E-state index contributed by atoms with van der Waals surface area (Å²) in [5.41, 5.74) is 0. The lowest BCUT2D eigenvalue weighted by molar-refractivity contribution is 0.0762. The van der Waals surface area contributed by atoms with E-state index in [0.29, 0.717) is 23.9 Å². The van der Waals surface area contributed by atoms with Gasteiger partial charge < -0.3 is 9.64 Å². The number of nitrogens with one attached hydrogen (secondary N) is 1. The SMILES string of the molecule is CN(CCOc1ccccc1Cl)C(=O)c1nn[nH]n1. The highest BCUT2D eigenvalue weighted by atomic mass is 35.5. The molecule has 7 nitrogen and oxygen atoms in total. The summed E-state index contributed by atoms with van der Waals surface area (Å²) in [5, 5.41) is 13.3. The number of aromatic amines is 1. The van der Waals surface area contributed by atoms with Gasteiger partial charge in [0.2, 0.25) is 0 Å². The van der Waals surface area contributed by atoms with Crippen LogP contribution in [0.5, 0.6) is 5.75 Å². The first-order chi connectivity index (χ1) is 9.18. The van der Waals surface area contributed by atoms with Crippen LogP contribution >= 0.6 is 11.6 Å². The quantitative estimate of drug-likeness (QED) is 0.884. The molecule has 0 aliphatic carbocycles. The third-order valence-corrected chi connectivity index (χ3v) is 2.72. The van der Waals surface area contributed by atoms with Gasteiger partial charge in [-0.05, 0) is 17.3 Å². The first kappa shape index (κ1) is 13.3. The van der Waals surface area contributed by atoms with Crippen molar-refractivity contribution >= 4 is 17.5 Å². The zero-order chi connectivity index (χ0) is 13.7. The van der Waals surface area contributed by atoms with Crippen molar-refractivity contribution in [2.45, 2.75) is 0 Å². The molecule has 0 spiro atoms. The zero-order valence-electron chi connectivity index (χ0n) is 10.2. The first-order valence-corrected chi connectivity index (χ1v) is 5.92. The minimum atomic E-state index is -0.323. The Morgan fingerprint density at radius 3 is 2.95 bits per heavy atom. The standard InChI is InChI=1S/C11H12ClN5O2/c1-17(11(18)10-13-15-16-14-10)6-7-19-9-5-3-2-4-8(9)12/h2-5H,6-7H2,1H3,(H,13,14,15,16). The van der Waals surface area contributed by atoms with Gasteiger partial charge >= 0.3 is 0 Å². The fourth-order valence-corrected chi connectivity index (χ4v) is 1.57. The molecular weight excluding hydrogens is 270 g/mol. The van der Waals surface area contributed by atoms with Gasteiger partial charge in [0.15, 0.2) is 0 Å². The minimum absolute atomic E-state index is 0.0280. The Bertz CT molecular complexity index is 546. The molecule has 0 atom stereocenters. The van der Waals surface area contributed by atoms with Gasteiger partial charge in [0.1, 0.15) is 12.4 Å². The Morgan fingerprint density at radius 1 is 1.47 bits per heavy atom. The molecule has 0 saturated carbocycles. The Morgan fingerprint density at radius 2 is 2.26 bits per heavy atom. The van der Waals surface area contributed by atoms with Crippen LogP contribution in [0.3, 0.4) is 0 Å². The Labute approximate surface area is 114 Å². The van der Waals surface area contributed by atoms with Crippen molar-refractivity contribution in [3.05, 3.63) is 35.1 Å². The van der Waals surface area contributed by atoms with Crippen LogP contribution in [0.25, 0.3) is 0 Å². The van der Waals surface area contributed by atoms with Crippen molar-refractivity contribution in [2.75, 3.05) is 20.2 Å². The summed E-state index contributed by atoms with van der Waals surface area (Å²) < 4.78 is 5.48. The second-order valence-corrected chi connectivity index (χ2v) is 4.15. The van der Waals surface area contributed by atoms with E-state index in [2.05, 4.69) is 20.6 Å². The Hall–Kier alpha value is -2.15. The molecule has 0 aliphatic heterocycles. The van der Waals surface area contributed by atoms with Crippen molar-refractivity contribution < 1.29 is 9.53 Å². The number of likely N-dealkylation sites (N-methyl/N-ethyl adjacent to an activating group) is 1. The predicted molar refractivity (Wildman–Crippen MR) is 68.1 cm³/mol. The number of para-hydroxylation sites is 1. The van der Waals surface area contributed by atoms with Gasteiger partial charge in [-0.2, -0.15) is 5.21 Å². The normalized spacial score (nSPS) is 10.2. The third kappa shape index (κ3) is 3.41. The number of tetrazole rings is 1. The molecule has 1 amide bonds. The molecule has 0 aliphatic rings. The number of carbonyl (C=O) groups is 1. The monoisotopic (exact) mass is 281 g/mol. The summed E-state index contributed by atoms with van der Waals surface area (Å²) >= 11 is 5.95. The molecule has 1 N–H and O–H groups in total. The molecule has 0 radical (unpaired) electrons. The number of nitrogens with zero attached hydrogens (tertiary/aromatic N) is 4. The number of hydrogen-bond donors (Lipinski definition) is 1. The summed E-state index contributed by atoms with van der Waals surface area (Å²) in [5.74, 6) is 0.293. The van der Waals surface area contributed by atoms with Crippen LogP contribution in [0.1, 0.15) is 10.6 Å². The third-order valence-electron chi connectivity index (χ3n) is 2.40. The molecule has 8 heteroatoms. The summed E-state index contributed by atoms with van der Waals surface area (Å²) in [7, 11) is 1.63. The van der Waals surface area contributed by atoms with Crippen molar-refractivity contribution in [3.63, 3.8) is 0 Å². The highest BCUT2D eigenvalue weighted by Crippen LogP contribution is 2.22. The number of amides is 1. The topological polar surface area (TPSA) is 84.0 Å². The van der Waals surface area contributed by atoms with E-state index >= 15 is 0 Å². The fourth-order valence-electron chi connectivity index (χ4n) is 1.38. The van der Waals surface area contributed by atoms with Crippen LogP contribution < -0.4 is 4.74 Å². The predicted octanol–water partition coefficient (Wildman–Crippen LogP) is 1.00. The van der Waals surface area contributed by atoms with Gasteiger partial charge in [0.05, 0.1) is 11.6 Å². The first-order valence-electron chi connectivity index (χ1n) is 5.54. The smallest absolute Gasteiger partial charge is 0.295 e. The Balaban J connectivity index is 1.83. The highest BCUT2D eigenvalue weighted by Gasteiger charge is 2.15. The lowest BCUT2D eigenvalue weighted by atomic mass is 10.3. The number of hydrogen-bond acceptors (Lipinski definition) is 5. The van der Waals surface area contributed by atoms with Gasteiger partial charge in [-0.1, -0.05) is 23.7 Å². The molecule has 0 unspecified atom stereocenters. The average molecular weight is 282 g/mol. The molecule has 1 aromatic heterocycles. The average Bonchev–Trinajstić information content (AvgIpc) is 2.94. The van der Waals surface area contributed by atoms with E-state index < -0.39 is 0 Å². The van der Waals surface area contributed by atoms with Crippen LogP contribution in [-0.4, -0.2) is 51.6 Å². The molecule has 19 heavy (non-hydrogen) atoms.